The molecule has 0 aliphatic rings. The van der Waals surface area contributed by atoms with Crippen LogP contribution in [-0.4, -0.2) is 23.3 Å². The van der Waals surface area contributed by atoms with Gasteiger partial charge in [0, 0.05) is 6.42 Å². The Kier molecular flexibility index (Phi) is 5.01. The van der Waals surface area contributed by atoms with Gasteiger partial charge in [-0.2, -0.15) is 0 Å². The molecule has 88 valence electrons. The molecule has 0 heterocycles. The van der Waals surface area contributed by atoms with Gasteiger partial charge in [0.15, 0.2) is 0 Å². The Morgan fingerprint density at radius 3 is 2.33 bits per heavy atom. The Morgan fingerprint density at radius 1 is 1.47 bits per heavy atom. The topological polar surface area (TPSA) is 46.5 Å². The molecule has 15 heavy (non-hydrogen) atoms. The highest BCUT2D eigenvalue weighted by Gasteiger charge is 2.37. The van der Waals surface area contributed by atoms with Crippen LogP contribution in [0.3, 0.4) is 0 Å². The summed E-state index contributed by atoms with van der Waals surface area (Å²) in [4.78, 5) is 11.2. The number of aliphatic hydroxyl groups is 1. The lowest BCUT2D eigenvalue weighted by Gasteiger charge is -2.37. The summed E-state index contributed by atoms with van der Waals surface area (Å²) in [6, 6.07) is 0. The van der Waals surface area contributed by atoms with Crippen LogP contribution in [0.4, 0.5) is 0 Å². The second-order valence-corrected chi connectivity index (χ2v) is 4.68. The first kappa shape index (κ1) is 14.2. The van der Waals surface area contributed by atoms with Crippen LogP contribution in [-0.2, 0) is 9.53 Å². The van der Waals surface area contributed by atoms with E-state index in [1.54, 1.807) is 6.92 Å². The fourth-order valence-corrected chi connectivity index (χ4v) is 1.31. The number of hydrogen-bond acceptors (Lipinski definition) is 3. The van der Waals surface area contributed by atoms with E-state index in [0.29, 0.717) is 13.0 Å². The van der Waals surface area contributed by atoms with Gasteiger partial charge in [-0.25, -0.2) is 0 Å². The van der Waals surface area contributed by atoms with Gasteiger partial charge in [-0.1, -0.05) is 26.8 Å². The zero-order chi connectivity index (χ0) is 12.1. The maximum atomic E-state index is 11.2. The zero-order valence-corrected chi connectivity index (χ0v) is 10.2. The van der Waals surface area contributed by atoms with E-state index in [1.165, 1.54) is 6.08 Å². The fraction of sp³-hybridized carbons (Fsp3) is 0.750. The van der Waals surface area contributed by atoms with E-state index in [4.69, 9.17) is 4.74 Å². The van der Waals surface area contributed by atoms with E-state index < -0.39 is 5.60 Å². The molecule has 0 aromatic heterocycles. The molecule has 0 bridgehead atoms. The maximum Gasteiger partial charge on any atom is 0.305 e. The van der Waals surface area contributed by atoms with Crippen molar-refractivity contribution in [3.63, 3.8) is 0 Å². The second kappa shape index (κ2) is 5.31. The molecule has 0 aromatic rings. The van der Waals surface area contributed by atoms with Gasteiger partial charge < -0.3 is 9.84 Å². The normalized spacial score (nSPS) is 15.5. The summed E-state index contributed by atoms with van der Waals surface area (Å²) in [6.07, 6.45) is 2.07. The smallest absolute Gasteiger partial charge is 0.305 e. The molecule has 0 spiro atoms. The lowest BCUT2D eigenvalue weighted by Crippen LogP contribution is -2.41. The van der Waals surface area contributed by atoms with Crippen LogP contribution in [0.15, 0.2) is 12.7 Å². The van der Waals surface area contributed by atoms with Crippen molar-refractivity contribution in [2.24, 2.45) is 5.41 Å². The number of hydrogen-bond donors (Lipinski definition) is 1. The van der Waals surface area contributed by atoms with Crippen molar-refractivity contribution >= 4 is 5.97 Å². The molecule has 0 saturated heterocycles. The van der Waals surface area contributed by atoms with Crippen molar-refractivity contribution in [3.8, 4) is 0 Å². The minimum atomic E-state index is -1.03. The van der Waals surface area contributed by atoms with Crippen molar-refractivity contribution in [2.75, 3.05) is 6.61 Å². The van der Waals surface area contributed by atoms with E-state index >= 15 is 0 Å². The molecular weight excluding hydrogens is 192 g/mol. The van der Waals surface area contributed by atoms with Gasteiger partial charge in [0.25, 0.3) is 0 Å². The largest absolute Gasteiger partial charge is 0.466 e. The SMILES string of the molecule is C=CC(O)(CCC(=O)OCC)C(C)(C)C. The van der Waals surface area contributed by atoms with Gasteiger partial charge in [-0.15, -0.1) is 6.58 Å². The summed E-state index contributed by atoms with van der Waals surface area (Å²) in [7, 11) is 0. The molecule has 1 unspecified atom stereocenters. The van der Waals surface area contributed by atoms with Gasteiger partial charge in [0.1, 0.15) is 0 Å². The van der Waals surface area contributed by atoms with Crippen molar-refractivity contribution in [1.82, 2.24) is 0 Å². The average Bonchev–Trinajstić information content (AvgIpc) is 2.13. The standard InChI is InChI=1S/C12H22O3/c1-6-12(14,11(3,4)5)9-8-10(13)15-7-2/h6,14H,1,7-9H2,2-5H3. The minimum absolute atomic E-state index is 0.216. The third kappa shape index (κ3) is 4.04. The number of carbonyl (C=O) groups excluding carboxylic acids is 1. The fourth-order valence-electron chi connectivity index (χ4n) is 1.31. The molecule has 0 aromatic carbocycles. The highest BCUT2D eigenvalue weighted by molar-refractivity contribution is 5.69. The highest BCUT2D eigenvalue weighted by Crippen LogP contribution is 2.35. The Morgan fingerprint density at radius 2 is 2.00 bits per heavy atom. The highest BCUT2D eigenvalue weighted by atomic mass is 16.5. The van der Waals surface area contributed by atoms with E-state index in [1.807, 2.05) is 20.8 Å². The van der Waals surface area contributed by atoms with Gasteiger partial charge in [0.05, 0.1) is 12.2 Å². The van der Waals surface area contributed by atoms with Crippen molar-refractivity contribution in [3.05, 3.63) is 12.7 Å². The van der Waals surface area contributed by atoms with Gasteiger partial charge in [-0.3, -0.25) is 4.79 Å². The summed E-state index contributed by atoms with van der Waals surface area (Å²) in [5.74, 6) is -0.276. The lowest BCUT2D eigenvalue weighted by atomic mass is 9.74. The molecule has 0 aliphatic carbocycles. The van der Waals surface area contributed by atoms with Crippen LogP contribution in [0.1, 0.15) is 40.5 Å². The Labute approximate surface area is 92.1 Å². The Balaban J connectivity index is 4.35. The summed E-state index contributed by atoms with van der Waals surface area (Å²) in [6.45, 7) is 11.5. The Hall–Kier alpha value is -0.830. The number of rotatable bonds is 5. The summed E-state index contributed by atoms with van der Waals surface area (Å²) in [5.41, 5.74) is -1.36. The second-order valence-electron chi connectivity index (χ2n) is 4.68. The molecule has 0 rings (SSSR count). The first-order valence-corrected chi connectivity index (χ1v) is 5.28. The van der Waals surface area contributed by atoms with Crippen LogP contribution in [0.2, 0.25) is 0 Å². The van der Waals surface area contributed by atoms with Gasteiger partial charge >= 0.3 is 5.97 Å². The van der Waals surface area contributed by atoms with E-state index in [9.17, 15) is 9.90 Å². The predicted octanol–water partition coefficient (Wildman–Crippen LogP) is 2.29. The number of carbonyl (C=O) groups is 1. The van der Waals surface area contributed by atoms with Gasteiger partial charge in [0.2, 0.25) is 0 Å². The maximum absolute atomic E-state index is 11.2. The van der Waals surface area contributed by atoms with E-state index in [-0.39, 0.29) is 17.8 Å². The number of esters is 1. The number of ether oxygens (including phenoxy) is 1. The lowest BCUT2D eigenvalue weighted by molar-refractivity contribution is -0.145. The van der Waals surface area contributed by atoms with Gasteiger partial charge in [-0.05, 0) is 18.8 Å². The molecule has 1 atom stereocenters. The monoisotopic (exact) mass is 214 g/mol. The third-order valence-electron chi connectivity index (χ3n) is 2.65. The summed E-state index contributed by atoms with van der Waals surface area (Å²) in [5, 5.41) is 10.2. The first-order valence-electron chi connectivity index (χ1n) is 5.28. The Bertz CT molecular complexity index is 228. The first-order chi connectivity index (χ1) is 6.77. The molecule has 0 aliphatic heterocycles. The third-order valence-corrected chi connectivity index (χ3v) is 2.65. The van der Waals surface area contributed by atoms with Crippen molar-refractivity contribution < 1.29 is 14.6 Å². The molecule has 3 nitrogen and oxygen atoms in total. The van der Waals surface area contributed by atoms with E-state index in [0.717, 1.165) is 0 Å². The molecule has 0 fully saturated rings. The van der Waals surface area contributed by atoms with Crippen LogP contribution >= 0.6 is 0 Å². The van der Waals surface area contributed by atoms with E-state index in [2.05, 4.69) is 6.58 Å². The average molecular weight is 214 g/mol. The molecule has 1 N–H and O–H groups in total. The molecule has 0 amide bonds. The molecule has 0 radical (unpaired) electrons. The van der Waals surface area contributed by atoms with Crippen LogP contribution in [0.5, 0.6) is 0 Å². The van der Waals surface area contributed by atoms with Crippen molar-refractivity contribution in [2.45, 2.75) is 46.1 Å². The summed E-state index contributed by atoms with van der Waals surface area (Å²) < 4.78 is 4.81. The quantitative estimate of drug-likeness (QED) is 0.564. The van der Waals surface area contributed by atoms with Crippen LogP contribution in [0.25, 0.3) is 0 Å². The zero-order valence-electron chi connectivity index (χ0n) is 10.2. The van der Waals surface area contributed by atoms with Crippen LogP contribution in [0, 0.1) is 5.41 Å². The van der Waals surface area contributed by atoms with Crippen LogP contribution < -0.4 is 0 Å². The summed E-state index contributed by atoms with van der Waals surface area (Å²) >= 11 is 0. The predicted molar refractivity (Wildman–Crippen MR) is 60.5 cm³/mol. The molecule has 3 heteroatoms. The van der Waals surface area contributed by atoms with Crippen molar-refractivity contribution in [1.29, 1.82) is 0 Å². The molecule has 0 saturated carbocycles. The molecular formula is C12H22O3. The minimum Gasteiger partial charge on any atom is -0.466 e.